The summed E-state index contributed by atoms with van der Waals surface area (Å²) in [7, 11) is 0. The zero-order chi connectivity index (χ0) is 50.0. The van der Waals surface area contributed by atoms with Gasteiger partial charge in [0.25, 0.3) is 0 Å². The molecule has 2 aromatic rings. The number of Topliss-reactive ketones (excluding diaryl/α,β-unsaturated/α-hetero) is 3. The molecule has 66 heavy (non-hydrogen) atoms. The van der Waals surface area contributed by atoms with Crippen molar-refractivity contribution in [1.29, 1.82) is 0 Å². The normalized spacial score (nSPS) is 15.3. The van der Waals surface area contributed by atoms with Crippen molar-refractivity contribution in [2.75, 3.05) is 6.54 Å². The van der Waals surface area contributed by atoms with Gasteiger partial charge >= 0.3 is 12.3 Å². The second-order valence-corrected chi connectivity index (χ2v) is 19.6. The van der Waals surface area contributed by atoms with Gasteiger partial charge in [-0.15, -0.1) is 0 Å². The topological polar surface area (TPSA) is 177 Å². The van der Waals surface area contributed by atoms with Crippen LogP contribution in [0, 0.1) is 17.8 Å². The van der Waals surface area contributed by atoms with Gasteiger partial charge in [-0.3, -0.25) is 24.0 Å². The lowest BCUT2D eigenvalue weighted by molar-refractivity contribution is -0.218. The smallest absolute Gasteiger partial charge is 0.414 e. The number of ether oxygens (including phenoxy) is 2. The quantitative estimate of drug-likeness (QED) is 0.0502. The molecule has 0 bridgehead atoms. The summed E-state index contributed by atoms with van der Waals surface area (Å²) < 4.78 is 51.1. The van der Waals surface area contributed by atoms with E-state index in [1.54, 1.807) is 60.6 Å². The molecule has 3 amide bonds. The summed E-state index contributed by atoms with van der Waals surface area (Å²) in [5, 5.41) is 17.8. The Morgan fingerprint density at radius 1 is 0.682 bits per heavy atom. The van der Waals surface area contributed by atoms with Crippen molar-refractivity contribution in [3.63, 3.8) is 0 Å². The number of carbonyl (C=O) groups is 6. The molecule has 2 rings (SSSR count). The van der Waals surface area contributed by atoms with Crippen LogP contribution in [0.5, 0.6) is 0 Å². The van der Waals surface area contributed by atoms with Crippen molar-refractivity contribution in [2.45, 2.75) is 188 Å². The van der Waals surface area contributed by atoms with Gasteiger partial charge in [-0.05, 0) is 96.8 Å². The maximum atomic E-state index is 14.3. The van der Waals surface area contributed by atoms with E-state index in [4.69, 9.17) is 9.47 Å². The van der Waals surface area contributed by atoms with Crippen LogP contribution >= 0.6 is 0 Å². The van der Waals surface area contributed by atoms with E-state index in [-0.39, 0.29) is 31.6 Å². The molecule has 4 N–H and O–H groups in total. The number of unbranched alkanes of at least 4 members (excludes halogenated alkanes) is 3. The van der Waals surface area contributed by atoms with E-state index in [0.29, 0.717) is 18.4 Å². The first-order valence-electron chi connectivity index (χ1n) is 23.4. The fourth-order valence-corrected chi connectivity index (χ4v) is 7.42. The van der Waals surface area contributed by atoms with Crippen LogP contribution in [0.3, 0.4) is 0 Å². The third-order valence-corrected chi connectivity index (χ3v) is 11.1. The maximum absolute atomic E-state index is 14.3. The van der Waals surface area contributed by atoms with E-state index >= 15 is 0 Å². The molecule has 1 unspecified atom stereocenters. The summed E-state index contributed by atoms with van der Waals surface area (Å²) in [6.45, 7) is 18.6. The summed E-state index contributed by atoms with van der Waals surface area (Å²) in [6.07, 6.45) is -5.24. The number of alkyl carbamates (subject to hydrolysis) is 1. The largest absolute Gasteiger partial charge is 0.444 e. The highest BCUT2D eigenvalue weighted by molar-refractivity contribution is 6.00. The number of carbonyl (C=O) groups excluding carboxylic acids is 6. The average Bonchev–Trinajstić information content (AvgIpc) is 3.22. The number of aliphatic hydroxyl groups excluding tert-OH is 1. The average molecular weight is 932 g/mol. The van der Waals surface area contributed by atoms with E-state index in [2.05, 4.69) is 35.0 Å². The Morgan fingerprint density at radius 3 is 1.79 bits per heavy atom. The summed E-state index contributed by atoms with van der Waals surface area (Å²) in [5.74, 6) is -6.47. The molecule has 0 spiro atoms. The first-order valence-corrected chi connectivity index (χ1v) is 23.4. The highest BCUT2D eigenvalue weighted by Crippen LogP contribution is 2.28. The molecule has 7 atom stereocenters. The van der Waals surface area contributed by atoms with Gasteiger partial charge in [-0.25, -0.2) is 4.79 Å². The van der Waals surface area contributed by atoms with Crippen LogP contribution in [0.2, 0.25) is 0 Å². The van der Waals surface area contributed by atoms with E-state index in [9.17, 15) is 47.0 Å². The molecule has 0 aromatic heterocycles. The minimum Gasteiger partial charge on any atom is -0.444 e. The Hall–Kier alpha value is -4.63. The highest BCUT2D eigenvalue weighted by atomic mass is 19.4. The van der Waals surface area contributed by atoms with Crippen molar-refractivity contribution in [2.24, 2.45) is 17.8 Å². The molecule has 0 aliphatic rings. The van der Waals surface area contributed by atoms with Gasteiger partial charge < -0.3 is 30.5 Å². The second-order valence-electron chi connectivity index (χ2n) is 19.6. The fourth-order valence-electron chi connectivity index (χ4n) is 7.42. The van der Waals surface area contributed by atoms with Gasteiger partial charge in [0.2, 0.25) is 11.8 Å². The minimum atomic E-state index is -4.92. The maximum Gasteiger partial charge on any atom is 0.414 e. The summed E-state index contributed by atoms with van der Waals surface area (Å²) in [4.78, 5) is 81.6. The zero-order valence-electron chi connectivity index (χ0n) is 41.0. The molecule has 370 valence electrons. The van der Waals surface area contributed by atoms with Gasteiger partial charge in [-0.1, -0.05) is 102 Å². The first-order chi connectivity index (χ1) is 30.6. The van der Waals surface area contributed by atoms with Crippen LogP contribution in [0.4, 0.5) is 18.0 Å². The predicted octanol–water partition coefficient (Wildman–Crippen LogP) is 9.67. The van der Waals surface area contributed by atoms with Crippen molar-refractivity contribution in [3.8, 4) is 11.1 Å². The third kappa shape index (κ3) is 20.9. The number of hydrogen-bond acceptors (Lipinski definition) is 9. The first kappa shape index (κ1) is 57.5. The highest BCUT2D eigenvalue weighted by Gasteiger charge is 2.43. The van der Waals surface area contributed by atoms with Crippen molar-refractivity contribution >= 4 is 35.3 Å². The lowest BCUT2D eigenvalue weighted by Crippen LogP contribution is -2.53. The van der Waals surface area contributed by atoms with Crippen LogP contribution in [-0.2, 0) is 35.1 Å². The number of alkyl halides is 3. The molecular weight excluding hydrogens is 856 g/mol. The Morgan fingerprint density at radius 2 is 1.26 bits per heavy atom. The lowest BCUT2D eigenvalue weighted by atomic mass is 9.91. The molecule has 0 saturated heterocycles. The Bertz CT molecular complexity index is 1870. The van der Waals surface area contributed by atoms with Gasteiger partial charge in [0.15, 0.2) is 23.5 Å². The SMILES string of the molecule is CCCCC[C@H](NC(=O)[C@H](C)CC(=O)[C@@H](NC(=O)[C@H](CCNC(=O)OC(C)(C)C)CC(=O)c1ccc(-c2ccc(CCCC)cc2)cc1)[C@@H](C)OC(C)(C)C)C(=O)C[C@@H](C)C(O)C(F)(F)F. The third-order valence-electron chi connectivity index (χ3n) is 11.1. The van der Waals surface area contributed by atoms with Gasteiger partial charge in [0.1, 0.15) is 11.6 Å². The van der Waals surface area contributed by atoms with Crippen LogP contribution in [0.15, 0.2) is 48.5 Å². The zero-order valence-corrected chi connectivity index (χ0v) is 41.0. The number of nitrogens with one attached hydrogen (secondary N) is 3. The molecule has 0 radical (unpaired) electrons. The minimum absolute atomic E-state index is 0.000425. The van der Waals surface area contributed by atoms with E-state index in [1.165, 1.54) is 12.5 Å². The van der Waals surface area contributed by atoms with Crippen LogP contribution in [0.25, 0.3) is 11.1 Å². The molecule has 0 aliphatic heterocycles. The summed E-state index contributed by atoms with van der Waals surface area (Å²) in [5.41, 5.74) is 1.96. The predicted molar refractivity (Wildman–Crippen MR) is 250 cm³/mol. The van der Waals surface area contributed by atoms with E-state index in [1.807, 2.05) is 31.2 Å². The monoisotopic (exact) mass is 932 g/mol. The van der Waals surface area contributed by atoms with Crippen LogP contribution in [0.1, 0.15) is 156 Å². The number of aryl methyl sites for hydroxylation is 1. The number of ketones is 3. The van der Waals surface area contributed by atoms with Gasteiger partial charge in [0.05, 0.1) is 17.7 Å². The Kier molecular flexibility index (Phi) is 23.2. The number of aliphatic hydroxyl groups is 1. The van der Waals surface area contributed by atoms with E-state index < -0.39 is 102 Å². The fraction of sp³-hybridized carbons (Fsp3) is 0.647. The molecule has 12 nitrogen and oxygen atoms in total. The van der Waals surface area contributed by atoms with Crippen molar-refractivity contribution < 1.29 is 56.5 Å². The second kappa shape index (κ2) is 26.6. The standard InChI is InChI=1S/C51H76F3N3O9/c1-12-14-16-18-40(42(59)29-32(3)45(61)51(52,53)54)56-46(62)33(4)30-43(60)44(34(5)65-49(6,7)8)57-47(63)39(27-28-55-48(64)66-50(9,10)11)31-41(58)38-25-23-37(24-26-38)36-21-19-35(20-22-36)17-15-13-2/h19-26,32-34,39-40,44-45,61H,12-18,27-31H2,1-11H3,(H,55,64)(H,56,62)(H,57,63)/t32-,33-,34-,39-,40+,44+,45?/m1/s1. The van der Waals surface area contributed by atoms with Crippen molar-refractivity contribution in [3.05, 3.63) is 59.7 Å². The van der Waals surface area contributed by atoms with E-state index in [0.717, 1.165) is 43.7 Å². The molecule has 0 fully saturated rings. The molecular formula is C51H76F3N3O9. The van der Waals surface area contributed by atoms with Crippen LogP contribution < -0.4 is 16.0 Å². The van der Waals surface area contributed by atoms with Gasteiger partial charge in [0, 0.05) is 43.2 Å². The summed E-state index contributed by atoms with van der Waals surface area (Å²) in [6, 6.07) is 12.9. The number of hydrogen-bond donors (Lipinski definition) is 4. The molecule has 15 heteroatoms. The van der Waals surface area contributed by atoms with Crippen molar-refractivity contribution in [1.82, 2.24) is 16.0 Å². The van der Waals surface area contributed by atoms with Gasteiger partial charge in [-0.2, -0.15) is 13.2 Å². The number of rotatable bonds is 27. The lowest BCUT2D eigenvalue weighted by Gasteiger charge is -2.32. The molecule has 0 saturated carbocycles. The molecule has 0 aliphatic carbocycles. The van der Waals surface area contributed by atoms with Crippen LogP contribution in [-0.4, -0.2) is 88.6 Å². The number of amides is 3. The number of halogens is 3. The molecule has 0 heterocycles. The Labute approximate surface area is 390 Å². The molecule has 2 aromatic carbocycles. The summed E-state index contributed by atoms with van der Waals surface area (Å²) >= 11 is 0. The Balaban J connectivity index is 2.36. The number of benzene rings is 2.